The monoisotopic (exact) mass is 253 g/mol. The van der Waals surface area contributed by atoms with Crippen LogP contribution in [0.1, 0.15) is 0 Å². The van der Waals surface area contributed by atoms with Crippen molar-refractivity contribution in [3.05, 3.63) is 28.8 Å². The normalized spacial score (nSPS) is 10.2. The van der Waals surface area contributed by atoms with Crippen LogP contribution in [-0.4, -0.2) is 26.9 Å². The second kappa shape index (κ2) is 4.78. The topological polar surface area (TPSA) is 107 Å². The third-order valence-corrected chi connectivity index (χ3v) is 2.62. The van der Waals surface area contributed by atoms with Crippen LogP contribution < -0.4 is 5.32 Å². The summed E-state index contributed by atoms with van der Waals surface area (Å²) in [7, 11) is 1.63. The van der Waals surface area contributed by atoms with E-state index in [1.165, 1.54) is 12.5 Å². The van der Waals surface area contributed by atoms with Gasteiger partial charge in [0.1, 0.15) is 12.5 Å². The second-order valence-corrected chi connectivity index (χ2v) is 3.73. The lowest BCUT2D eigenvalue weighted by Crippen LogP contribution is -2.00. The summed E-state index contributed by atoms with van der Waals surface area (Å²) in [4.78, 5) is 21.9. The molecule has 0 radical (unpaired) electrons. The highest BCUT2D eigenvalue weighted by atomic mass is 32.2. The van der Waals surface area contributed by atoms with Gasteiger partial charge in [0.05, 0.1) is 11.1 Å². The fourth-order valence-corrected chi connectivity index (χ4v) is 1.77. The van der Waals surface area contributed by atoms with Gasteiger partial charge in [-0.3, -0.25) is 10.1 Å². The van der Waals surface area contributed by atoms with Crippen molar-refractivity contribution in [2.24, 2.45) is 0 Å². The zero-order chi connectivity index (χ0) is 12.3. The Morgan fingerprint density at radius 1 is 1.53 bits per heavy atom. The van der Waals surface area contributed by atoms with E-state index in [0.717, 1.165) is 18.0 Å². The Labute approximate surface area is 99.6 Å². The molecule has 0 atom stereocenters. The second-order valence-electron chi connectivity index (χ2n) is 2.79. The number of nitro groups is 1. The summed E-state index contributed by atoms with van der Waals surface area (Å²) < 4.78 is 4.99. The lowest BCUT2D eigenvalue weighted by atomic mass is 10.5. The molecule has 0 amide bonds. The number of hydrogen-bond donors (Lipinski definition) is 1. The number of anilines is 1. The van der Waals surface area contributed by atoms with Crippen LogP contribution in [0.2, 0.25) is 0 Å². The average molecular weight is 253 g/mol. The molecule has 0 unspecified atom stereocenters. The van der Waals surface area contributed by atoms with Crippen molar-refractivity contribution in [3.8, 4) is 0 Å². The molecule has 0 spiro atoms. The van der Waals surface area contributed by atoms with E-state index in [1.807, 2.05) is 0 Å². The summed E-state index contributed by atoms with van der Waals surface area (Å²) in [5.41, 5.74) is -0.188. The van der Waals surface area contributed by atoms with Gasteiger partial charge in [-0.2, -0.15) is 4.98 Å². The zero-order valence-electron chi connectivity index (χ0n) is 8.65. The Balaban J connectivity index is 2.38. The summed E-state index contributed by atoms with van der Waals surface area (Å²) >= 11 is 0.968. The first-order chi connectivity index (χ1) is 8.20. The van der Waals surface area contributed by atoms with Gasteiger partial charge in [0.25, 0.3) is 5.22 Å². The highest BCUT2D eigenvalue weighted by Gasteiger charge is 2.19. The molecular weight excluding hydrogens is 246 g/mol. The van der Waals surface area contributed by atoms with Crippen LogP contribution >= 0.6 is 11.8 Å². The number of oxazole rings is 1. The van der Waals surface area contributed by atoms with Gasteiger partial charge in [-0.1, -0.05) is 0 Å². The van der Waals surface area contributed by atoms with Gasteiger partial charge in [0, 0.05) is 7.05 Å². The summed E-state index contributed by atoms with van der Waals surface area (Å²) in [6, 6.07) is 0. The highest BCUT2D eigenvalue weighted by molar-refractivity contribution is 7.99. The van der Waals surface area contributed by atoms with Crippen LogP contribution in [0.5, 0.6) is 0 Å². The molecule has 0 aliphatic rings. The van der Waals surface area contributed by atoms with E-state index in [4.69, 9.17) is 4.42 Å². The molecule has 0 saturated carbocycles. The summed E-state index contributed by atoms with van der Waals surface area (Å²) in [5, 5.41) is 14.0. The molecular formula is C8H7N5O3S. The third kappa shape index (κ3) is 2.50. The molecule has 0 fully saturated rings. The predicted molar refractivity (Wildman–Crippen MR) is 58.9 cm³/mol. The zero-order valence-corrected chi connectivity index (χ0v) is 9.47. The predicted octanol–water partition coefficient (Wildman–Crippen LogP) is 1.57. The molecule has 1 N–H and O–H groups in total. The van der Waals surface area contributed by atoms with E-state index >= 15 is 0 Å². The molecule has 0 aliphatic heterocycles. The van der Waals surface area contributed by atoms with Gasteiger partial charge in [0.15, 0.2) is 5.03 Å². The summed E-state index contributed by atoms with van der Waals surface area (Å²) in [6.07, 6.45) is 3.98. The first-order valence-electron chi connectivity index (χ1n) is 4.47. The standard InChI is InChI=1S/C8H7N5O3S/c1-9-7-11-4-5(13(14)15)6(12-7)17-8-10-2-3-16-8/h2-4H,1H3,(H,9,11,12). The molecule has 2 aromatic rings. The molecule has 88 valence electrons. The van der Waals surface area contributed by atoms with Crippen molar-refractivity contribution in [2.75, 3.05) is 12.4 Å². The number of nitrogens with zero attached hydrogens (tertiary/aromatic N) is 4. The Kier molecular flexibility index (Phi) is 3.19. The van der Waals surface area contributed by atoms with Gasteiger partial charge >= 0.3 is 5.69 Å². The molecule has 17 heavy (non-hydrogen) atoms. The van der Waals surface area contributed by atoms with E-state index in [2.05, 4.69) is 20.3 Å². The molecule has 0 aromatic carbocycles. The van der Waals surface area contributed by atoms with Crippen molar-refractivity contribution in [3.63, 3.8) is 0 Å². The number of aromatic nitrogens is 3. The average Bonchev–Trinajstić information content (AvgIpc) is 2.81. The van der Waals surface area contributed by atoms with Gasteiger partial charge in [-0.25, -0.2) is 9.97 Å². The van der Waals surface area contributed by atoms with Crippen molar-refractivity contribution in [2.45, 2.75) is 10.2 Å². The molecule has 0 saturated heterocycles. The van der Waals surface area contributed by atoms with Crippen LogP contribution in [0.15, 0.2) is 33.3 Å². The summed E-state index contributed by atoms with van der Waals surface area (Å²) in [5.74, 6) is 0.296. The number of rotatable bonds is 4. The lowest BCUT2D eigenvalue weighted by molar-refractivity contribution is -0.388. The van der Waals surface area contributed by atoms with E-state index < -0.39 is 4.92 Å². The van der Waals surface area contributed by atoms with Crippen LogP contribution in [0.25, 0.3) is 0 Å². The fourth-order valence-electron chi connectivity index (χ4n) is 1.02. The number of nitrogens with one attached hydrogen (secondary N) is 1. The van der Waals surface area contributed by atoms with Crippen molar-refractivity contribution in [1.82, 2.24) is 15.0 Å². The molecule has 8 nitrogen and oxygen atoms in total. The maximum atomic E-state index is 10.8. The molecule has 2 heterocycles. The van der Waals surface area contributed by atoms with E-state index in [-0.39, 0.29) is 15.9 Å². The molecule has 2 rings (SSSR count). The third-order valence-electron chi connectivity index (χ3n) is 1.75. The van der Waals surface area contributed by atoms with E-state index in [1.54, 1.807) is 7.05 Å². The van der Waals surface area contributed by atoms with E-state index in [0.29, 0.717) is 5.95 Å². The van der Waals surface area contributed by atoms with Crippen molar-refractivity contribution >= 4 is 23.4 Å². The van der Waals surface area contributed by atoms with E-state index in [9.17, 15) is 10.1 Å². The molecule has 2 aromatic heterocycles. The Bertz CT molecular complexity index is 530. The Morgan fingerprint density at radius 3 is 2.94 bits per heavy atom. The minimum absolute atomic E-state index is 0.178. The molecule has 0 aliphatic carbocycles. The largest absolute Gasteiger partial charge is 0.440 e. The quantitative estimate of drug-likeness (QED) is 0.497. The van der Waals surface area contributed by atoms with Gasteiger partial charge < -0.3 is 9.73 Å². The molecule has 0 bridgehead atoms. The van der Waals surface area contributed by atoms with Crippen LogP contribution in [0, 0.1) is 10.1 Å². The lowest BCUT2D eigenvalue weighted by Gasteiger charge is -2.01. The number of hydrogen-bond acceptors (Lipinski definition) is 8. The minimum atomic E-state index is -0.551. The minimum Gasteiger partial charge on any atom is -0.440 e. The van der Waals surface area contributed by atoms with Gasteiger partial charge in [0.2, 0.25) is 5.95 Å². The van der Waals surface area contributed by atoms with Gasteiger partial charge in [-0.05, 0) is 11.8 Å². The highest BCUT2D eigenvalue weighted by Crippen LogP contribution is 2.32. The maximum Gasteiger partial charge on any atom is 0.320 e. The Hall–Kier alpha value is -2.16. The first kappa shape index (κ1) is 11.3. The van der Waals surface area contributed by atoms with Crippen LogP contribution in [-0.2, 0) is 0 Å². The molecule has 9 heteroatoms. The van der Waals surface area contributed by atoms with Crippen molar-refractivity contribution < 1.29 is 9.34 Å². The maximum absolute atomic E-state index is 10.8. The SMILES string of the molecule is CNc1ncc([N+](=O)[O-])c(Sc2ncco2)n1. The smallest absolute Gasteiger partial charge is 0.320 e. The first-order valence-corrected chi connectivity index (χ1v) is 5.29. The summed E-state index contributed by atoms with van der Waals surface area (Å²) in [6.45, 7) is 0. The fraction of sp³-hybridized carbons (Fsp3) is 0.125. The van der Waals surface area contributed by atoms with Crippen LogP contribution in [0.4, 0.5) is 11.6 Å². The Morgan fingerprint density at radius 2 is 2.35 bits per heavy atom. The van der Waals surface area contributed by atoms with Crippen molar-refractivity contribution in [1.29, 1.82) is 0 Å². The van der Waals surface area contributed by atoms with Crippen LogP contribution in [0.3, 0.4) is 0 Å². The van der Waals surface area contributed by atoms with Gasteiger partial charge in [-0.15, -0.1) is 0 Å².